The molecule has 0 spiro atoms. The molecular weight excluding hydrogens is 328 g/mol. The third kappa shape index (κ3) is 2.93. The lowest BCUT2D eigenvalue weighted by Gasteiger charge is -2.08. The summed E-state index contributed by atoms with van der Waals surface area (Å²) in [6.45, 7) is 0. The molecule has 7 nitrogen and oxygen atoms in total. The number of nitrogen functional groups attached to an aromatic ring is 1. The van der Waals surface area contributed by atoms with Gasteiger partial charge in [0.25, 0.3) is 0 Å². The number of anilines is 1. The molecule has 0 amide bonds. The number of nitrogens with two attached hydrogens (primary N) is 1. The van der Waals surface area contributed by atoms with Gasteiger partial charge >= 0.3 is 0 Å². The molecule has 1 aromatic carbocycles. The molecule has 4 rings (SSSR count). The highest BCUT2D eigenvalue weighted by Crippen LogP contribution is 2.22. The topological polar surface area (TPSA) is 99.6 Å². The van der Waals surface area contributed by atoms with Crippen LogP contribution in [0.5, 0.6) is 0 Å². The van der Waals surface area contributed by atoms with Gasteiger partial charge in [0.05, 0.1) is 17.6 Å². The van der Waals surface area contributed by atoms with Crippen LogP contribution in [0.25, 0.3) is 16.9 Å². The first-order chi connectivity index (χ1) is 12.7. The van der Waals surface area contributed by atoms with Gasteiger partial charge in [0.15, 0.2) is 11.5 Å². The van der Waals surface area contributed by atoms with Gasteiger partial charge < -0.3 is 5.73 Å². The molecule has 0 aliphatic rings. The fraction of sp³-hybridized carbons (Fsp3) is 0. The molecule has 0 bridgehead atoms. The van der Waals surface area contributed by atoms with Crippen molar-refractivity contribution in [1.82, 2.24) is 24.7 Å². The molecule has 3 heterocycles. The van der Waals surface area contributed by atoms with E-state index >= 15 is 0 Å². The van der Waals surface area contributed by atoms with E-state index in [4.69, 9.17) is 5.73 Å². The smallest absolute Gasteiger partial charge is 0.216 e. The van der Waals surface area contributed by atoms with Crippen LogP contribution < -0.4 is 5.73 Å². The van der Waals surface area contributed by atoms with Crippen molar-refractivity contribution in [3.05, 3.63) is 84.7 Å². The van der Waals surface area contributed by atoms with E-state index in [1.165, 1.54) is 6.20 Å². The van der Waals surface area contributed by atoms with Gasteiger partial charge in [-0.2, -0.15) is 5.10 Å². The monoisotopic (exact) mass is 342 g/mol. The van der Waals surface area contributed by atoms with Gasteiger partial charge in [-0.25, -0.2) is 14.6 Å². The normalized spacial score (nSPS) is 10.6. The standard InChI is InChI=1S/C19H14N6O/c20-19-17(18(26)14-5-2-7-21-11-14)24-16(12-22-19)13-4-1-6-15(10-13)25-9-3-8-23-25/h1-12H,(H2,20,22). The zero-order chi connectivity index (χ0) is 17.9. The van der Waals surface area contributed by atoms with E-state index in [0.717, 1.165) is 11.3 Å². The zero-order valence-electron chi connectivity index (χ0n) is 13.6. The van der Waals surface area contributed by atoms with E-state index in [0.29, 0.717) is 11.3 Å². The molecule has 3 aromatic heterocycles. The van der Waals surface area contributed by atoms with Crippen molar-refractivity contribution in [1.29, 1.82) is 0 Å². The number of benzene rings is 1. The molecule has 0 radical (unpaired) electrons. The zero-order valence-corrected chi connectivity index (χ0v) is 13.6. The molecule has 0 aliphatic carbocycles. The Hall–Kier alpha value is -3.87. The number of nitrogens with zero attached hydrogens (tertiary/aromatic N) is 5. The maximum Gasteiger partial charge on any atom is 0.216 e. The average Bonchev–Trinajstić information content (AvgIpc) is 3.23. The van der Waals surface area contributed by atoms with Gasteiger partial charge in [-0.05, 0) is 30.3 Å². The molecule has 0 aliphatic heterocycles. The number of carbonyl (C=O) groups is 1. The molecule has 7 heteroatoms. The van der Waals surface area contributed by atoms with Crippen LogP contribution in [0.4, 0.5) is 5.82 Å². The molecular formula is C19H14N6O. The third-order valence-electron chi connectivity index (χ3n) is 3.85. The Labute approximate surface area is 149 Å². The largest absolute Gasteiger partial charge is 0.382 e. The number of pyridine rings is 1. The van der Waals surface area contributed by atoms with E-state index in [-0.39, 0.29) is 17.3 Å². The molecule has 26 heavy (non-hydrogen) atoms. The highest BCUT2D eigenvalue weighted by molar-refractivity contribution is 6.10. The fourth-order valence-corrected chi connectivity index (χ4v) is 2.57. The van der Waals surface area contributed by atoms with Crippen molar-refractivity contribution >= 4 is 11.6 Å². The predicted octanol–water partition coefficient (Wildman–Crippen LogP) is 2.54. The van der Waals surface area contributed by atoms with Crippen molar-refractivity contribution in [2.75, 3.05) is 5.73 Å². The highest BCUT2D eigenvalue weighted by atomic mass is 16.1. The number of aromatic nitrogens is 5. The summed E-state index contributed by atoms with van der Waals surface area (Å²) in [7, 11) is 0. The van der Waals surface area contributed by atoms with Gasteiger partial charge in [-0.15, -0.1) is 0 Å². The van der Waals surface area contributed by atoms with E-state index in [1.807, 2.05) is 36.5 Å². The van der Waals surface area contributed by atoms with Gasteiger partial charge in [-0.1, -0.05) is 12.1 Å². The second-order valence-corrected chi connectivity index (χ2v) is 5.56. The number of hydrogen-bond acceptors (Lipinski definition) is 6. The van der Waals surface area contributed by atoms with Crippen molar-refractivity contribution in [2.45, 2.75) is 0 Å². The number of hydrogen-bond donors (Lipinski definition) is 1. The van der Waals surface area contributed by atoms with Crippen LogP contribution in [0, 0.1) is 0 Å². The lowest BCUT2D eigenvalue weighted by atomic mass is 10.1. The van der Waals surface area contributed by atoms with Crippen molar-refractivity contribution < 1.29 is 4.79 Å². The minimum atomic E-state index is -0.312. The lowest BCUT2D eigenvalue weighted by molar-refractivity contribution is 0.103. The van der Waals surface area contributed by atoms with Gasteiger partial charge in [0, 0.05) is 35.9 Å². The number of rotatable bonds is 4. The summed E-state index contributed by atoms with van der Waals surface area (Å²) in [5.74, 6) is -0.223. The van der Waals surface area contributed by atoms with Crippen LogP contribution in [0.3, 0.4) is 0 Å². The first kappa shape index (κ1) is 15.6. The Morgan fingerprint density at radius 2 is 1.96 bits per heavy atom. The molecule has 126 valence electrons. The minimum Gasteiger partial charge on any atom is -0.382 e. The van der Waals surface area contributed by atoms with E-state index in [2.05, 4.69) is 20.1 Å². The molecule has 0 atom stereocenters. The molecule has 2 N–H and O–H groups in total. The summed E-state index contributed by atoms with van der Waals surface area (Å²) in [4.78, 5) is 25.2. The molecule has 0 saturated heterocycles. The van der Waals surface area contributed by atoms with Gasteiger partial charge in [0.2, 0.25) is 5.78 Å². The Bertz CT molecular complexity index is 1060. The maximum atomic E-state index is 12.7. The highest BCUT2D eigenvalue weighted by Gasteiger charge is 2.17. The Balaban J connectivity index is 1.75. The molecule has 0 unspecified atom stereocenters. The van der Waals surface area contributed by atoms with Gasteiger partial charge in [0.1, 0.15) is 0 Å². The second kappa shape index (κ2) is 6.56. The SMILES string of the molecule is Nc1ncc(-c2cccc(-n3cccn3)c2)nc1C(=O)c1cccnc1. The van der Waals surface area contributed by atoms with Crippen LogP contribution in [0.1, 0.15) is 16.1 Å². The van der Waals surface area contributed by atoms with E-state index in [9.17, 15) is 4.79 Å². The Morgan fingerprint density at radius 1 is 1.04 bits per heavy atom. The Kier molecular flexibility index (Phi) is 3.95. The summed E-state index contributed by atoms with van der Waals surface area (Å²) in [5, 5.41) is 4.22. The first-order valence-electron chi connectivity index (χ1n) is 7.90. The van der Waals surface area contributed by atoms with Gasteiger partial charge in [-0.3, -0.25) is 9.78 Å². The average molecular weight is 342 g/mol. The third-order valence-corrected chi connectivity index (χ3v) is 3.85. The van der Waals surface area contributed by atoms with Crippen molar-refractivity contribution in [3.8, 4) is 16.9 Å². The van der Waals surface area contributed by atoms with Crippen LogP contribution in [-0.2, 0) is 0 Å². The predicted molar refractivity (Wildman–Crippen MR) is 96.7 cm³/mol. The lowest BCUT2D eigenvalue weighted by Crippen LogP contribution is -2.10. The fourth-order valence-electron chi connectivity index (χ4n) is 2.57. The summed E-state index contributed by atoms with van der Waals surface area (Å²) in [5.41, 5.74) is 8.66. The molecule has 0 fully saturated rings. The molecule has 4 aromatic rings. The minimum absolute atomic E-state index is 0.0887. The summed E-state index contributed by atoms with van der Waals surface area (Å²) in [6, 6.07) is 12.9. The Morgan fingerprint density at radius 3 is 2.73 bits per heavy atom. The summed E-state index contributed by atoms with van der Waals surface area (Å²) in [6.07, 6.45) is 8.19. The summed E-state index contributed by atoms with van der Waals surface area (Å²) < 4.78 is 1.75. The van der Waals surface area contributed by atoms with Crippen LogP contribution in [0.2, 0.25) is 0 Å². The van der Waals surface area contributed by atoms with Crippen molar-refractivity contribution in [3.63, 3.8) is 0 Å². The molecule has 0 saturated carbocycles. The van der Waals surface area contributed by atoms with Crippen molar-refractivity contribution in [2.24, 2.45) is 0 Å². The van der Waals surface area contributed by atoms with Crippen LogP contribution >= 0.6 is 0 Å². The van der Waals surface area contributed by atoms with Crippen LogP contribution in [-0.4, -0.2) is 30.5 Å². The van der Waals surface area contributed by atoms with Crippen LogP contribution in [0.15, 0.2) is 73.4 Å². The van der Waals surface area contributed by atoms with E-state index < -0.39 is 0 Å². The maximum absolute atomic E-state index is 12.7. The number of ketones is 1. The first-order valence-corrected chi connectivity index (χ1v) is 7.90. The summed E-state index contributed by atoms with van der Waals surface area (Å²) >= 11 is 0. The quantitative estimate of drug-likeness (QED) is 0.572. The van der Waals surface area contributed by atoms with E-state index in [1.54, 1.807) is 35.4 Å². The number of carbonyl (C=O) groups excluding carboxylic acids is 1. The second-order valence-electron chi connectivity index (χ2n) is 5.56.